The summed E-state index contributed by atoms with van der Waals surface area (Å²) in [7, 11) is 0. The number of carbonyl (C=O) groups excluding carboxylic acids is 2. The van der Waals surface area contributed by atoms with Crippen LogP contribution in [0.3, 0.4) is 0 Å². The summed E-state index contributed by atoms with van der Waals surface area (Å²) in [5.41, 5.74) is -7.64. The summed E-state index contributed by atoms with van der Waals surface area (Å²) in [6, 6.07) is 2.51. The fraction of sp³-hybridized carbons (Fsp3) is 0.353. The van der Waals surface area contributed by atoms with Gasteiger partial charge in [-0.2, -0.15) is 26.3 Å². The largest absolute Gasteiger partial charge is 0.462 e. The second kappa shape index (κ2) is 8.39. The lowest BCUT2D eigenvalue weighted by Gasteiger charge is -2.21. The van der Waals surface area contributed by atoms with E-state index in [9.17, 15) is 35.9 Å². The fourth-order valence-electron chi connectivity index (χ4n) is 2.47. The van der Waals surface area contributed by atoms with Crippen LogP contribution in [0.15, 0.2) is 17.5 Å². The Labute approximate surface area is 164 Å². The summed E-state index contributed by atoms with van der Waals surface area (Å²) in [5.74, 6) is -3.12. The van der Waals surface area contributed by atoms with Crippen LogP contribution in [-0.4, -0.2) is 30.1 Å². The van der Waals surface area contributed by atoms with Crippen LogP contribution in [0.1, 0.15) is 46.0 Å². The number of aromatic nitrogens is 1. The predicted molar refractivity (Wildman–Crippen MR) is 89.5 cm³/mol. The summed E-state index contributed by atoms with van der Waals surface area (Å²) in [6.07, 6.45) is -10.9. The molecule has 0 amide bonds. The summed E-state index contributed by atoms with van der Waals surface area (Å²) in [4.78, 5) is 27.1. The predicted octanol–water partition coefficient (Wildman–Crippen LogP) is 5.20. The number of carbonyl (C=O) groups is 2. The van der Waals surface area contributed by atoms with Gasteiger partial charge in [0.15, 0.2) is 11.4 Å². The van der Waals surface area contributed by atoms with E-state index in [1.54, 1.807) is 0 Å². The van der Waals surface area contributed by atoms with Crippen molar-refractivity contribution in [3.8, 4) is 10.4 Å². The number of esters is 2. The third kappa shape index (κ3) is 4.69. The molecule has 29 heavy (non-hydrogen) atoms. The van der Waals surface area contributed by atoms with Crippen molar-refractivity contribution in [2.24, 2.45) is 0 Å². The minimum atomic E-state index is -5.43. The molecule has 0 N–H and O–H groups in total. The molecule has 0 aromatic carbocycles. The lowest BCUT2D eigenvalue weighted by atomic mass is 9.95. The number of hydrogen-bond acceptors (Lipinski definition) is 6. The standard InChI is InChI=1S/C17H13F6NO4S/c1-3-27-14(25)10-9(8-6-5-7-29-8)11(15(26)28-4-2)13(17(21,22)23)24-12(10)16(18,19)20/h5-7H,3-4H2,1-2H3. The van der Waals surface area contributed by atoms with Crippen molar-refractivity contribution in [2.75, 3.05) is 13.2 Å². The Hall–Kier alpha value is -2.63. The van der Waals surface area contributed by atoms with Crippen molar-refractivity contribution in [3.05, 3.63) is 40.0 Å². The number of hydrogen-bond donors (Lipinski definition) is 0. The lowest BCUT2D eigenvalue weighted by molar-refractivity contribution is -0.150. The minimum absolute atomic E-state index is 0.186. The Morgan fingerprint density at radius 2 is 1.38 bits per heavy atom. The summed E-state index contributed by atoms with van der Waals surface area (Å²) >= 11 is 0.736. The van der Waals surface area contributed by atoms with E-state index in [0.29, 0.717) is 0 Å². The van der Waals surface area contributed by atoms with E-state index in [-0.39, 0.29) is 18.1 Å². The van der Waals surface area contributed by atoms with Crippen molar-refractivity contribution in [3.63, 3.8) is 0 Å². The second-order valence-corrected chi connectivity index (χ2v) is 6.30. The molecule has 2 aromatic heterocycles. The van der Waals surface area contributed by atoms with Crippen LogP contribution in [0.2, 0.25) is 0 Å². The molecule has 12 heteroatoms. The topological polar surface area (TPSA) is 65.5 Å². The average molecular weight is 441 g/mol. The molecular weight excluding hydrogens is 428 g/mol. The Bertz CT molecular complexity index is 852. The number of thiophene rings is 1. The van der Waals surface area contributed by atoms with Gasteiger partial charge in [-0.05, 0) is 25.3 Å². The van der Waals surface area contributed by atoms with Gasteiger partial charge in [0.2, 0.25) is 0 Å². The van der Waals surface area contributed by atoms with Gasteiger partial charge >= 0.3 is 24.3 Å². The van der Waals surface area contributed by atoms with Crippen LogP contribution in [-0.2, 0) is 21.8 Å². The molecule has 2 heterocycles. The molecular formula is C17H13F6NO4S. The highest BCUT2D eigenvalue weighted by Gasteiger charge is 2.47. The van der Waals surface area contributed by atoms with Gasteiger partial charge < -0.3 is 9.47 Å². The maximum atomic E-state index is 13.6. The van der Waals surface area contributed by atoms with Crippen molar-refractivity contribution in [1.29, 1.82) is 0 Å². The van der Waals surface area contributed by atoms with Crippen LogP contribution >= 0.6 is 11.3 Å². The molecule has 2 aromatic rings. The zero-order valence-corrected chi connectivity index (χ0v) is 15.7. The van der Waals surface area contributed by atoms with E-state index >= 15 is 0 Å². The highest BCUT2D eigenvalue weighted by atomic mass is 32.1. The van der Waals surface area contributed by atoms with Crippen molar-refractivity contribution < 1.29 is 45.4 Å². The smallest absolute Gasteiger partial charge is 0.434 e. The van der Waals surface area contributed by atoms with Gasteiger partial charge in [-0.3, -0.25) is 0 Å². The quantitative estimate of drug-likeness (QED) is 0.471. The van der Waals surface area contributed by atoms with Crippen LogP contribution in [0.5, 0.6) is 0 Å². The summed E-state index contributed by atoms with van der Waals surface area (Å²) < 4.78 is 90.6. The maximum Gasteiger partial charge on any atom is 0.434 e. The number of ether oxygens (including phenoxy) is 2. The normalized spacial score (nSPS) is 12.0. The molecule has 5 nitrogen and oxygen atoms in total. The maximum absolute atomic E-state index is 13.6. The monoisotopic (exact) mass is 441 g/mol. The van der Waals surface area contributed by atoms with Gasteiger partial charge in [0.05, 0.1) is 24.3 Å². The number of halogens is 6. The Morgan fingerprint density at radius 1 is 0.931 bits per heavy atom. The highest BCUT2D eigenvalue weighted by molar-refractivity contribution is 7.13. The van der Waals surface area contributed by atoms with E-state index in [1.165, 1.54) is 31.4 Å². The number of pyridine rings is 1. The zero-order valence-electron chi connectivity index (χ0n) is 14.9. The van der Waals surface area contributed by atoms with Crippen molar-refractivity contribution in [1.82, 2.24) is 4.98 Å². The Balaban J connectivity index is 3.10. The van der Waals surface area contributed by atoms with Gasteiger partial charge in [-0.25, -0.2) is 14.6 Å². The van der Waals surface area contributed by atoms with Crippen LogP contribution < -0.4 is 0 Å². The minimum Gasteiger partial charge on any atom is -0.462 e. The highest BCUT2D eigenvalue weighted by Crippen LogP contribution is 2.44. The Morgan fingerprint density at radius 3 is 1.69 bits per heavy atom. The molecule has 0 saturated carbocycles. The zero-order chi connectivity index (χ0) is 22.0. The first-order valence-corrected chi connectivity index (χ1v) is 8.91. The van der Waals surface area contributed by atoms with Crippen LogP contribution in [0, 0.1) is 0 Å². The molecule has 0 aliphatic rings. The average Bonchev–Trinajstić information content (AvgIpc) is 3.12. The van der Waals surface area contributed by atoms with Crippen molar-refractivity contribution in [2.45, 2.75) is 26.2 Å². The first kappa shape index (κ1) is 22.7. The number of nitrogens with zero attached hydrogens (tertiary/aromatic N) is 1. The van der Waals surface area contributed by atoms with E-state index in [1.807, 2.05) is 0 Å². The molecule has 0 atom stereocenters. The van der Waals surface area contributed by atoms with Gasteiger partial charge in [0.1, 0.15) is 0 Å². The molecule has 0 aliphatic carbocycles. The van der Waals surface area contributed by atoms with E-state index < -0.39 is 52.4 Å². The first-order valence-electron chi connectivity index (χ1n) is 8.03. The molecule has 2 rings (SSSR count). The van der Waals surface area contributed by atoms with Gasteiger partial charge in [-0.1, -0.05) is 6.07 Å². The molecule has 0 fully saturated rings. The number of alkyl halides is 6. The van der Waals surface area contributed by atoms with Crippen molar-refractivity contribution >= 4 is 23.3 Å². The molecule has 158 valence electrons. The molecule has 0 bridgehead atoms. The molecule has 0 spiro atoms. The van der Waals surface area contributed by atoms with E-state index in [0.717, 1.165) is 11.3 Å². The Kier molecular flexibility index (Phi) is 6.56. The summed E-state index contributed by atoms with van der Waals surface area (Å²) in [6.45, 7) is 1.91. The third-order valence-electron chi connectivity index (χ3n) is 3.46. The van der Waals surface area contributed by atoms with Gasteiger partial charge in [0.25, 0.3) is 0 Å². The SMILES string of the molecule is CCOC(=O)c1c(C(F)(F)F)nc(C(F)(F)F)c(C(=O)OCC)c1-c1cccs1. The third-order valence-corrected chi connectivity index (χ3v) is 4.35. The van der Waals surface area contributed by atoms with E-state index in [4.69, 9.17) is 0 Å². The lowest BCUT2D eigenvalue weighted by Crippen LogP contribution is -2.26. The molecule has 0 aliphatic heterocycles. The van der Waals surface area contributed by atoms with E-state index in [2.05, 4.69) is 14.5 Å². The fourth-order valence-corrected chi connectivity index (χ4v) is 3.25. The van der Waals surface area contributed by atoms with Crippen LogP contribution in [0.25, 0.3) is 10.4 Å². The number of rotatable bonds is 5. The van der Waals surface area contributed by atoms with Gasteiger partial charge in [0, 0.05) is 10.4 Å². The molecule has 0 saturated heterocycles. The second-order valence-electron chi connectivity index (χ2n) is 5.35. The van der Waals surface area contributed by atoms with Crippen LogP contribution in [0.4, 0.5) is 26.3 Å². The molecule has 0 radical (unpaired) electrons. The first-order chi connectivity index (χ1) is 13.4. The molecule has 0 unspecified atom stereocenters. The summed E-state index contributed by atoms with van der Waals surface area (Å²) in [5, 5.41) is 1.36. The van der Waals surface area contributed by atoms with Gasteiger partial charge in [-0.15, -0.1) is 11.3 Å².